The predicted octanol–water partition coefficient (Wildman–Crippen LogP) is 12.7. The van der Waals surface area contributed by atoms with Crippen LogP contribution in [0.3, 0.4) is 0 Å². The van der Waals surface area contributed by atoms with E-state index in [1.807, 2.05) is 35.6 Å². The van der Waals surface area contributed by atoms with E-state index >= 15 is 0 Å². The second kappa shape index (κ2) is 12.9. The van der Waals surface area contributed by atoms with E-state index in [4.69, 9.17) is 15.0 Å². The predicted molar refractivity (Wildman–Crippen MR) is 234 cm³/mol. The third-order valence-electron chi connectivity index (χ3n) is 10.7. The Hall–Kier alpha value is -6.95. The van der Waals surface area contributed by atoms with E-state index in [1.54, 1.807) is 0 Å². The van der Waals surface area contributed by atoms with E-state index in [1.165, 1.54) is 41.7 Å². The smallest absolute Gasteiger partial charge is 0.161 e. The molecule has 0 amide bonds. The number of nitrogens with zero attached hydrogens (tertiary/aromatic N) is 4. The van der Waals surface area contributed by atoms with Crippen LogP contribution in [0.15, 0.2) is 197 Å². The number of para-hydroxylation sites is 1. The molecule has 8 aromatic carbocycles. The Labute approximate surface area is 321 Å². The zero-order valence-electron chi connectivity index (χ0n) is 29.7. The van der Waals surface area contributed by atoms with Gasteiger partial charge in [-0.25, -0.2) is 9.98 Å². The minimum Gasteiger partial charge on any atom is -0.309 e. The van der Waals surface area contributed by atoms with Crippen LogP contribution < -0.4 is 0 Å². The molecule has 0 radical (unpaired) electrons. The van der Waals surface area contributed by atoms with Gasteiger partial charge in [0.1, 0.15) is 0 Å². The highest BCUT2D eigenvalue weighted by Crippen LogP contribution is 2.42. The van der Waals surface area contributed by atoms with Gasteiger partial charge in [0.05, 0.1) is 29.0 Å². The minimum absolute atomic E-state index is 0.362. The van der Waals surface area contributed by atoms with E-state index in [2.05, 4.69) is 162 Å². The molecular formula is C50H32N4S. The summed E-state index contributed by atoms with van der Waals surface area (Å²) in [5, 5.41) is 7.30. The molecule has 0 spiro atoms. The lowest BCUT2D eigenvalue weighted by molar-refractivity contribution is 1.17. The molecule has 55 heavy (non-hydrogen) atoms. The lowest BCUT2D eigenvalue weighted by atomic mass is 9.99. The van der Waals surface area contributed by atoms with Crippen LogP contribution in [0.25, 0.3) is 69.6 Å². The third-order valence-corrected chi connectivity index (χ3v) is 11.8. The molecule has 0 bridgehead atoms. The molecule has 0 aliphatic carbocycles. The summed E-state index contributed by atoms with van der Waals surface area (Å²) in [6.07, 6.45) is 0. The van der Waals surface area contributed by atoms with Crippen molar-refractivity contribution in [3.63, 3.8) is 0 Å². The summed E-state index contributed by atoms with van der Waals surface area (Å²) in [5.41, 5.74) is 9.54. The van der Waals surface area contributed by atoms with Crippen LogP contribution in [0.1, 0.15) is 16.7 Å². The summed E-state index contributed by atoms with van der Waals surface area (Å²) in [4.78, 5) is 16.1. The Balaban J connectivity index is 1.20. The minimum atomic E-state index is 0.362. The maximum Gasteiger partial charge on any atom is 0.161 e. The van der Waals surface area contributed by atoms with Crippen LogP contribution in [-0.4, -0.2) is 28.5 Å². The summed E-state index contributed by atoms with van der Waals surface area (Å²) in [7, 11) is 0. The molecule has 0 N–H and O–H groups in total. The SMILES string of the molecule is c1ccc(C2=NC(c3cccc(-c4ccccc4)c3)=NCC(c3c(-n4c5ccccc5c5cc6ccccc6cc54)ccc4sc5ccccc5c34)=N2)cc1. The van der Waals surface area contributed by atoms with Crippen molar-refractivity contribution in [3.8, 4) is 16.8 Å². The van der Waals surface area contributed by atoms with Crippen LogP contribution in [-0.2, 0) is 0 Å². The van der Waals surface area contributed by atoms with Gasteiger partial charge in [0, 0.05) is 47.6 Å². The number of hydrogen-bond donors (Lipinski definition) is 0. The van der Waals surface area contributed by atoms with Crippen molar-refractivity contribution in [1.82, 2.24) is 4.57 Å². The summed E-state index contributed by atoms with van der Waals surface area (Å²) < 4.78 is 4.91. The second-order valence-electron chi connectivity index (χ2n) is 13.9. The number of benzene rings is 8. The van der Waals surface area contributed by atoms with E-state index < -0.39 is 0 Å². The molecule has 0 saturated carbocycles. The first-order valence-corrected chi connectivity index (χ1v) is 19.4. The van der Waals surface area contributed by atoms with Gasteiger partial charge in [0.2, 0.25) is 0 Å². The van der Waals surface area contributed by atoms with Crippen molar-refractivity contribution < 1.29 is 0 Å². The van der Waals surface area contributed by atoms with E-state index in [0.29, 0.717) is 18.2 Å². The van der Waals surface area contributed by atoms with Crippen molar-refractivity contribution in [3.05, 3.63) is 199 Å². The Morgan fingerprint density at radius 3 is 1.95 bits per heavy atom. The van der Waals surface area contributed by atoms with Crippen molar-refractivity contribution in [2.24, 2.45) is 15.0 Å². The fraction of sp³-hybridized carbons (Fsp3) is 0.0200. The molecule has 10 aromatic rings. The maximum absolute atomic E-state index is 5.53. The first-order chi connectivity index (χ1) is 27.3. The lowest BCUT2D eigenvalue weighted by Gasteiger charge is -2.17. The number of amidine groups is 2. The van der Waals surface area contributed by atoms with Crippen molar-refractivity contribution in [1.29, 1.82) is 0 Å². The molecule has 11 rings (SSSR count). The second-order valence-corrected chi connectivity index (χ2v) is 15.0. The molecule has 0 saturated heterocycles. The monoisotopic (exact) mass is 720 g/mol. The molecule has 4 nitrogen and oxygen atoms in total. The molecule has 258 valence electrons. The highest BCUT2D eigenvalue weighted by atomic mass is 32.1. The summed E-state index contributed by atoms with van der Waals surface area (Å²) >= 11 is 1.82. The molecule has 1 aliphatic rings. The van der Waals surface area contributed by atoms with Gasteiger partial charge in [-0.3, -0.25) is 4.99 Å². The van der Waals surface area contributed by atoms with E-state index in [-0.39, 0.29) is 0 Å². The molecular weight excluding hydrogens is 689 g/mol. The summed E-state index contributed by atoms with van der Waals surface area (Å²) in [6.45, 7) is 0.362. The number of thiophene rings is 1. The molecule has 5 heteroatoms. The van der Waals surface area contributed by atoms with Gasteiger partial charge in [-0.05, 0) is 64.4 Å². The number of aromatic nitrogens is 1. The third kappa shape index (κ3) is 5.31. The van der Waals surface area contributed by atoms with Crippen LogP contribution in [0, 0.1) is 0 Å². The van der Waals surface area contributed by atoms with Crippen LogP contribution in [0.2, 0.25) is 0 Å². The van der Waals surface area contributed by atoms with E-state index in [0.717, 1.165) is 50.2 Å². The van der Waals surface area contributed by atoms with Crippen molar-refractivity contribution in [2.75, 3.05) is 6.54 Å². The van der Waals surface area contributed by atoms with Gasteiger partial charge in [0.25, 0.3) is 0 Å². The topological polar surface area (TPSA) is 42.0 Å². The molecule has 1 aliphatic heterocycles. The largest absolute Gasteiger partial charge is 0.309 e. The van der Waals surface area contributed by atoms with Gasteiger partial charge in [-0.15, -0.1) is 11.3 Å². The van der Waals surface area contributed by atoms with Crippen LogP contribution in [0.5, 0.6) is 0 Å². The van der Waals surface area contributed by atoms with Gasteiger partial charge in [0.15, 0.2) is 11.7 Å². The van der Waals surface area contributed by atoms with Crippen molar-refractivity contribution in [2.45, 2.75) is 0 Å². The molecule has 3 heterocycles. The number of fused-ring (bicyclic) bond motifs is 7. The Kier molecular flexibility index (Phi) is 7.39. The van der Waals surface area contributed by atoms with Crippen LogP contribution in [0.4, 0.5) is 0 Å². The van der Waals surface area contributed by atoms with Gasteiger partial charge in [-0.2, -0.15) is 0 Å². The Morgan fingerprint density at radius 2 is 1.11 bits per heavy atom. The van der Waals surface area contributed by atoms with Crippen molar-refractivity contribution >= 4 is 81.5 Å². The van der Waals surface area contributed by atoms with Crippen LogP contribution >= 0.6 is 11.3 Å². The first kappa shape index (κ1) is 31.6. The average molecular weight is 721 g/mol. The van der Waals surface area contributed by atoms with Gasteiger partial charge >= 0.3 is 0 Å². The maximum atomic E-state index is 5.53. The lowest BCUT2D eigenvalue weighted by Crippen LogP contribution is -2.13. The zero-order valence-corrected chi connectivity index (χ0v) is 30.5. The fourth-order valence-electron chi connectivity index (χ4n) is 8.15. The highest BCUT2D eigenvalue weighted by Gasteiger charge is 2.24. The Bertz CT molecular complexity index is 3220. The number of rotatable bonds is 5. The zero-order chi connectivity index (χ0) is 36.3. The summed E-state index contributed by atoms with van der Waals surface area (Å²) in [5.74, 6) is 1.32. The average Bonchev–Trinajstić information content (AvgIpc) is 3.69. The van der Waals surface area contributed by atoms with Gasteiger partial charge < -0.3 is 4.57 Å². The molecule has 2 aromatic heterocycles. The molecule has 0 atom stereocenters. The first-order valence-electron chi connectivity index (χ1n) is 18.6. The molecule has 0 fully saturated rings. The number of aliphatic imine (C=N–C) groups is 3. The van der Waals surface area contributed by atoms with E-state index in [9.17, 15) is 0 Å². The fourth-order valence-corrected chi connectivity index (χ4v) is 9.26. The van der Waals surface area contributed by atoms with Gasteiger partial charge in [-0.1, -0.05) is 140 Å². The number of hydrogen-bond acceptors (Lipinski definition) is 4. The highest BCUT2D eigenvalue weighted by molar-refractivity contribution is 7.25. The quantitative estimate of drug-likeness (QED) is 0.170. The normalized spacial score (nSPS) is 13.3. The standard InChI is InChI=1S/C50H32N4S/c1-3-14-32(15-4-1)34-20-13-21-37(28-34)49-51-31-41(52-50(53-49)33-16-5-2-6-17-33)48-43(26-27-46-47(48)39-23-10-12-25-45(39)55-46)54-42-24-11-9-22-38(42)40-29-35-18-7-8-19-36(35)30-44(40)54/h1-30H,31H2. The summed E-state index contributed by atoms with van der Waals surface area (Å²) in [6, 6.07) is 64.7. The Morgan fingerprint density at radius 1 is 0.436 bits per heavy atom. The molecule has 0 unspecified atom stereocenters.